The highest BCUT2D eigenvalue weighted by Crippen LogP contribution is 2.21. The molecule has 3 rings (SSSR count). The zero-order valence-corrected chi connectivity index (χ0v) is 14.6. The predicted octanol–water partition coefficient (Wildman–Crippen LogP) is 3.11. The molecule has 132 valence electrons. The van der Waals surface area contributed by atoms with Crippen molar-refractivity contribution in [2.45, 2.75) is 13.8 Å². The van der Waals surface area contributed by atoms with Crippen molar-refractivity contribution in [3.63, 3.8) is 0 Å². The van der Waals surface area contributed by atoms with Gasteiger partial charge in [0.05, 0.1) is 0 Å². The van der Waals surface area contributed by atoms with Crippen molar-refractivity contribution < 1.29 is 14.3 Å². The third kappa shape index (κ3) is 3.35. The summed E-state index contributed by atoms with van der Waals surface area (Å²) in [7, 11) is 0. The number of pyridine rings is 1. The zero-order valence-electron chi connectivity index (χ0n) is 14.6. The van der Waals surface area contributed by atoms with Crippen LogP contribution in [0.1, 0.15) is 32.1 Å². The molecule has 26 heavy (non-hydrogen) atoms. The molecule has 0 amide bonds. The van der Waals surface area contributed by atoms with Gasteiger partial charge in [-0.25, -0.2) is 9.78 Å². The second-order valence-corrected chi connectivity index (χ2v) is 5.89. The molecule has 0 fully saturated rings. The van der Waals surface area contributed by atoms with Gasteiger partial charge in [0.1, 0.15) is 11.4 Å². The van der Waals surface area contributed by atoms with Crippen molar-refractivity contribution in [3.05, 3.63) is 77.2 Å². The molecule has 2 heterocycles. The monoisotopic (exact) mass is 349 g/mol. The number of esters is 1. The van der Waals surface area contributed by atoms with E-state index in [-0.39, 0.29) is 23.8 Å². The maximum Gasteiger partial charge on any atom is 0.342 e. The molecule has 0 spiro atoms. The minimum absolute atomic E-state index is 0.0761. The Labute approximate surface area is 151 Å². The van der Waals surface area contributed by atoms with Crippen molar-refractivity contribution >= 4 is 17.6 Å². The number of hydrogen-bond acceptors (Lipinski definition) is 5. The van der Waals surface area contributed by atoms with E-state index < -0.39 is 5.97 Å². The summed E-state index contributed by atoms with van der Waals surface area (Å²) < 4.78 is 7.11. The Hall–Kier alpha value is -3.41. The molecule has 2 N–H and O–H groups in total. The smallest absolute Gasteiger partial charge is 0.342 e. The molecule has 3 aromatic rings. The first-order chi connectivity index (χ1) is 12.5. The Morgan fingerprint density at radius 1 is 1.08 bits per heavy atom. The normalized spacial score (nSPS) is 10.5. The van der Waals surface area contributed by atoms with Gasteiger partial charge in [-0.1, -0.05) is 18.2 Å². The summed E-state index contributed by atoms with van der Waals surface area (Å²) >= 11 is 0. The summed E-state index contributed by atoms with van der Waals surface area (Å²) in [6, 6.07) is 14.7. The van der Waals surface area contributed by atoms with Gasteiger partial charge >= 0.3 is 5.97 Å². The molecule has 0 unspecified atom stereocenters. The number of ketones is 1. The summed E-state index contributed by atoms with van der Waals surface area (Å²) in [6.45, 7) is 3.44. The van der Waals surface area contributed by atoms with Gasteiger partial charge in [0.25, 0.3) is 0 Å². The van der Waals surface area contributed by atoms with Crippen LogP contribution < -0.4 is 5.73 Å². The minimum Gasteiger partial charge on any atom is -0.454 e. The van der Waals surface area contributed by atoms with E-state index in [4.69, 9.17) is 10.5 Å². The third-order valence-corrected chi connectivity index (χ3v) is 4.14. The standard InChI is InChI=1S/C20H19N3O3/c1-13-11-17(14(2)23(13)15-7-4-3-5-8-15)18(24)12-26-20(25)16-9-6-10-22-19(16)21/h3-11H,12H2,1-2H3,(H2,21,22). The fourth-order valence-corrected chi connectivity index (χ4v) is 2.90. The molecule has 0 saturated carbocycles. The number of anilines is 1. The summed E-state index contributed by atoms with van der Waals surface area (Å²) in [4.78, 5) is 28.5. The first kappa shape index (κ1) is 17.4. The second kappa shape index (κ2) is 7.23. The van der Waals surface area contributed by atoms with Gasteiger partial charge in [-0.05, 0) is 44.2 Å². The highest BCUT2D eigenvalue weighted by atomic mass is 16.5. The van der Waals surface area contributed by atoms with Crippen molar-refractivity contribution in [1.82, 2.24) is 9.55 Å². The molecule has 0 aliphatic heterocycles. The molecule has 0 saturated heterocycles. The number of nitrogens with two attached hydrogens (primary N) is 1. The number of aryl methyl sites for hydroxylation is 1. The van der Waals surface area contributed by atoms with Crippen molar-refractivity contribution in [3.8, 4) is 5.69 Å². The summed E-state index contributed by atoms with van der Waals surface area (Å²) in [5.74, 6) is -0.857. The number of benzene rings is 1. The van der Waals surface area contributed by atoms with Crippen molar-refractivity contribution in [2.75, 3.05) is 12.3 Å². The van der Waals surface area contributed by atoms with Gasteiger partial charge < -0.3 is 15.0 Å². The second-order valence-electron chi connectivity index (χ2n) is 5.89. The Bertz CT molecular complexity index is 962. The Morgan fingerprint density at radius 2 is 1.81 bits per heavy atom. The van der Waals surface area contributed by atoms with Crippen LogP contribution in [-0.2, 0) is 4.74 Å². The van der Waals surface area contributed by atoms with Crippen LogP contribution in [-0.4, -0.2) is 27.9 Å². The zero-order chi connectivity index (χ0) is 18.7. The van der Waals surface area contributed by atoms with Crippen molar-refractivity contribution in [2.24, 2.45) is 0 Å². The highest BCUT2D eigenvalue weighted by Gasteiger charge is 2.19. The predicted molar refractivity (Wildman–Crippen MR) is 98.5 cm³/mol. The fourth-order valence-electron chi connectivity index (χ4n) is 2.90. The van der Waals surface area contributed by atoms with Crippen LogP contribution >= 0.6 is 0 Å². The van der Waals surface area contributed by atoms with Crippen LogP contribution in [0.4, 0.5) is 5.82 Å². The van der Waals surface area contributed by atoms with Gasteiger partial charge in [-0.3, -0.25) is 4.79 Å². The lowest BCUT2D eigenvalue weighted by Gasteiger charge is -2.10. The van der Waals surface area contributed by atoms with E-state index in [0.29, 0.717) is 5.56 Å². The number of carbonyl (C=O) groups excluding carboxylic acids is 2. The average molecular weight is 349 g/mol. The number of hydrogen-bond donors (Lipinski definition) is 1. The SMILES string of the molecule is Cc1cc(C(=O)COC(=O)c2cccnc2N)c(C)n1-c1ccccc1. The Morgan fingerprint density at radius 3 is 2.50 bits per heavy atom. The van der Waals surface area contributed by atoms with E-state index in [9.17, 15) is 9.59 Å². The first-order valence-electron chi connectivity index (χ1n) is 8.14. The molecule has 1 aromatic carbocycles. The maximum absolute atomic E-state index is 12.5. The van der Waals surface area contributed by atoms with Crippen LogP contribution in [0.15, 0.2) is 54.7 Å². The fraction of sp³-hybridized carbons (Fsp3) is 0.150. The molecule has 0 aliphatic carbocycles. The number of rotatable bonds is 5. The highest BCUT2D eigenvalue weighted by molar-refractivity contribution is 6.01. The van der Waals surface area contributed by atoms with E-state index >= 15 is 0 Å². The lowest BCUT2D eigenvalue weighted by Crippen LogP contribution is -2.16. The van der Waals surface area contributed by atoms with E-state index in [0.717, 1.165) is 17.1 Å². The van der Waals surface area contributed by atoms with Crippen molar-refractivity contribution in [1.29, 1.82) is 0 Å². The molecule has 2 aromatic heterocycles. The molecule has 6 heteroatoms. The van der Waals surface area contributed by atoms with Crippen LogP contribution in [0.2, 0.25) is 0 Å². The molecule has 0 atom stereocenters. The van der Waals surface area contributed by atoms with Gasteiger partial charge in [0.15, 0.2) is 6.61 Å². The molecule has 0 aliphatic rings. The van der Waals surface area contributed by atoms with E-state index in [1.165, 1.54) is 12.3 Å². The summed E-state index contributed by atoms with van der Waals surface area (Å²) in [5.41, 5.74) is 9.03. The number of para-hydroxylation sites is 1. The number of nitrogens with zero attached hydrogens (tertiary/aromatic N) is 2. The van der Waals surface area contributed by atoms with E-state index in [1.54, 1.807) is 12.1 Å². The molecule has 6 nitrogen and oxygen atoms in total. The lowest BCUT2D eigenvalue weighted by molar-refractivity contribution is 0.0475. The number of aromatic nitrogens is 2. The van der Waals surface area contributed by atoms with Crippen LogP contribution in [0.25, 0.3) is 5.69 Å². The molecule has 0 bridgehead atoms. The quantitative estimate of drug-likeness (QED) is 0.565. The van der Waals surface area contributed by atoms with Gasteiger partial charge in [0.2, 0.25) is 5.78 Å². The number of carbonyl (C=O) groups is 2. The molecule has 0 radical (unpaired) electrons. The molecular weight excluding hydrogens is 330 g/mol. The Balaban J connectivity index is 1.77. The van der Waals surface area contributed by atoms with E-state index in [2.05, 4.69) is 4.98 Å². The topological polar surface area (TPSA) is 87.2 Å². The van der Waals surface area contributed by atoms with Gasteiger partial charge in [-0.15, -0.1) is 0 Å². The van der Waals surface area contributed by atoms with E-state index in [1.807, 2.05) is 48.7 Å². The Kier molecular flexibility index (Phi) is 4.84. The van der Waals surface area contributed by atoms with Crippen LogP contribution in [0.3, 0.4) is 0 Å². The number of Topliss-reactive ketones (excluding diaryl/α,β-unsaturated/α-hetero) is 1. The average Bonchev–Trinajstić information content (AvgIpc) is 2.95. The minimum atomic E-state index is -0.666. The number of nitrogen functional groups attached to an aromatic ring is 1. The van der Waals surface area contributed by atoms with Crippen LogP contribution in [0, 0.1) is 13.8 Å². The summed E-state index contributed by atoms with van der Waals surface area (Å²) in [6.07, 6.45) is 1.48. The van der Waals surface area contributed by atoms with Gasteiger partial charge in [0, 0.05) is 28.8 Å². The number of ether oxygens (including phenoxy) is 1. The maximum atomic E-state index is 12.5. The van der Waals surface area contributed by atoms with Crippen LogP contribution in [0.5, 0.6) is 0 Å². The lowest BCUT2D eigenvalue weighted by atomic mass is 10.1. The largest absolute Gasteiger partial charge is 0.454 e. The van der Waals surface area contributed by atoms with Gasteiger partial charge in [-0.2, -0.15) is 0 Å². The molecular formula is C20H19N3O3. The summed E-state index contributed by atoms with van der Waals surface area (Å²) in [5, 5.41) is 0. The third-order valence-electron chi connectivity index (χ3n) is 4.14. The first-order valence-corrected chi connectivity index (χ1v) is 8.14.